The summed E-state index contributed by atoms with van der Waals surface area (Å²) in [6.45, 7) is 0.0556. The minimum atomic E-state index is 0.0556. The smallest absolute Gasteiger partial charge is 0.125 e. The third-order valence-corrected chi connectivity index (χ3v) is 3.54. The van der Waals surface area contributed by atoms with Crippen LogP contribution in [0, 0.1) is 0 Å². The third-order valence-electron chi connectivity index (χ3n) is 2.53. The lowest BCUT2D eigenvalue weighted by Gasteiger charge is -1.92. The van der Waals surface area contributed by atoms with E-state index in [0.717, 1.165) is 21.0 Å². The van der Waals surface area contributed by atoms with Crippen molar-refractivity contribution in [1.82, 2.24) is 9.97 Å². The molecule has 0 aliphatic rings. The number of fused-ring (bicyclic) bond motifs is 1. The summed E-state index contributed by atoms with van der Waals surface area (Å²) in [5.74, 6) is 0. The SMILES string of the molecule is OCc1cnc(-c2c[nH]c3ccccc23)s1. The Bertz CT molecular complexity index is 627. The van der Waals surface area contributed by atoms with Crippen molar-refractivity contribution >= 4 is 22.2 Å². The van der Waals surface area contributed by atoms with E-state index in [0.29, 0.717) is 0 Å². The molecule has 0 aliphatic heterocycles. The highest BCUT2D eigenvalue weighted by Crippen LogP contribution is 2.31. The highest BCUT2D eigenvalue weighted by Gasteiger charge is 2.09. The molecule has 2 N–H and O–H groups in total. The second kappa shape index (κ2) is 3.73. The molecular formula is C12H10N2OS. The Morgan fingerprint density at radius 2 is 2.19 bits per heavy atom. The Hall–Kier alpha value is -1.65. The largest absolute Gasteiger partial charge is 0.391 e. The van der Waals surface area contributed by atoms with Gasteiger partial charge in [-0.2, -0.15) is 0 Å². The summed E-state index contributed by atoms with van der Waals surface area (Å²) in [4.78, 5) is 8.43. The van der Waals surface area contributed by atoms with Crippen molar-refractivity contribution < 1.29 is 5.11 Å². The molecule has 0 atom stereocenters. The van der Waals surface area contributed by atoms with E-state index in [9.17, 15) is 0 Å². The van der Waals surface area contributed by atoms with Crippen molar-refractivity contribution in [2.75, 3.05) is 0 Å². The number of aliphatic hydroxyl groups is 1. The first-order valence-corrected chi connectivity index (χ1v) is 5.82. The molecule has 0 fully saturated rings. The van der Waals surface area contributed by atoms with Crippen LogP contribution in [0.3, 0.4) is 0 Å². The van der Waals surface area contributed by atoms with Gasteiger partial charge in [-0.1, -0.05) is 18.2 Å². The maximum Gasteiger partial charge on any atom is 0.125 e. The maximum absolute atomic E-state index is 9.02. The first-order valence-electron chi connectivity index (χ1n) is 5.00. The molecule has 3 nitrogen and oxygen atoms in total. The Morgan fingerprint density at radius 1 is 1.31 bits per heavy atom. The van der Waals surface area contributed by atoms with E-state index in [4.69, 9.17) is 5.11 Å². The number of aromatic nitrogens is 2. The van der Waals surface area contributed by atoms with Crippen molar-refractivity contribution in [3.8, 4) is 10.6 Å². The summed E-state index contributed by atoms with van der Waals surface area (Å²) in [6, 6.07) is 8.13. The Kier molecular flexibility index (Phi) is 2.23. The van der Waals surface area contributed by atoms with E-state index >= 15 is 0 Å². The zero-order valence-corrected chi connectivity index (χ0v) is 9.29. The first-order chi connectivity index (χ1) is 7.88. The highest BCUT2D eigenvalue weighted by molar-refractivity contribution is 7.15. The number of aromatic amines is 1. The molecular weight excluding hydrogens is 220 g/mol. The van der Waals surface area contributed by atoms with Gasteiger partial charge in [-0.05, 0) is 6.07 Å². The van der Waals surface area contributed by atoms with Crippen molar-refractivity contribution in [1.29, 1.82) is 0 Å². The van der Waals surface area contributed by atoms with Gasteiger partial charge in [-0.15, -0.1) is 11.3 Å². The Morgan fingerprint density at radius 3 is 3.00 bits per heavy atom. The van der Waals surface area contributed by atoms with Gasteiger partial charge in [0.25, 0.3) is 0 Å². The number of rotatable bonds is 2. The van der Waals surface area contributed by atoms with Crippen LogP contribution in [0.1, 0.15) is 4.88 Å². The minimum absolute atomic E-state index is 0.0556. The number of hydrogen-bond acceptors (Lipinski definition) is 3. The van der Waals surface area contributed by atoms with Crippen LogP contribution in [0.2, 0.25) is 0 Å². The minimum Gasteiger partial charge on any atom is -0.391 e. The first kappa shape index (κ1) is 9.57. The molecule has 16 heavy (non-hydrogen) atoms. The van der Waals surface area contributed by atoms with Gasteiger partial charge < -0.3 is 10.1 Å². The molecule has 0 bridgehead atoms. The van der Waals surface area contributed by atoms with Gasteiger partial charge in [0.15, 0.2) is 0 Å². The zero-order chi connectivity index (χ0) is 11.0. The zero-order valence-electron chi connectivity index (χ0n) is 8.47. The van der Waals surface area contributed by atoms with Gasteiger partial charge in [0.1, 0.15) is 5.01 Å². The summed E-state index contributed by atoms with van der Waals surface area (Å²) < 4.78 is 0. The molecule has 0 amide bonds. The second-order valence-corrected chi connectivity index (χ2v) is 4.65. The molecule has 4 heteroatoms. The number of H-pyrrole nitrogens is 1. The molecule has 2 heterocycles. The number of thiazole rings is 1. The van der Waals surface area contributed by atoms with E-state index in [1.54, 1.807) is 6.20 Å². The van der Waals surface area contributed by atoms with Gasteiger partial charge >= 0.3 is 0 Å². The van der Waals surface area contributed by atoms with Gasteiger partial charge in [-0.25, -0.2) is 4.98 Å². The van der Waals surface area contributed by atoms with Gasteiger partial charge in [0.05, 0.1) is 11.5 Å². The molecule has 80 valence electrons. The average Bonchev–Trinajstić information content (AvgIpc) is 2.94. The fraction of sp³-hybridized carbons (Fsp3) is 0.0833. The summed E-state index contributed by atoms with van der Waals surface area (Å²) in [5, 5.41) is 11.1. The molecule has 3 aromatic rings. The van der Waals surface area contributed by atoms with Crippen molar-refractivity contribution in [2.24, 2.45) is 0 Å². The van der Waals surface area contributed by atoms with E-state index in [2.05, 4.69) is 16.0 Å². The fourth-order valence-corrected chi connectivity index (χ4v) is 2.56. The van der Waals surface area contributed by atoms with Gasteiger partial charge in [0.2, 0.25) is 0 Å². The van der Waals surface area contributed by atoms with Crippen LogP contribution in [0.15, 0.2) is 36.7 Å². The van der Waals surface area contributed by atoms with Crippen LogP contribution in [0.4, 0.5) is 0 Å². The standard InChI is InChI=1S/C12H10N2OS/c15-7-8-5-14-12(16-8)10-6-13-11-4-2-1-3-9(10)11/h1-6,13,15H,7H2. The number of benzene rings is 1. The second-order valence-electron chi connectivity index (χ2n) is 3.54. The van der Waals surface area contributed by atoms with Crippen LogP contribution in [-0.4, -0.2) is 15.1 Å². The molecule has 0 saturated carbocycles. The Balaban J connectivity index is 2.18. The average molecular weight is 230 g/mol. The van der Waals surface area contributed by atoms with Crippen molar-refractivity contribution in [3.63, 3.8) is 0 Å². The summed E-state index contributed by atoms with van der Waals surface area (Å²) >= 11 is 1.52. The van der Waals surface area contributed by atoms with E-state index in [1.807, 2.05) is 24.4 Å². The van der Waals surface area contributed by atoms with Crippen LogP contribution in [-0.2, 0) is 6.61 Å². The monoisotopic (exact) mass is 230 g/mol. The summed E-state index contributed by atoms with van der Waals surface area (Å²) in [6.07, 6.45) is 3.69. The molecule has 0 radical (unpaired) electrons. The molecule has 0 saturated heterocycles. The van der Waals surface area contributed by atoms with Gasteiger partial charge in [0, 0.05) is 28.9 Å². The van der Waals surface area contributed by atoms with Crippen LogP contribution >= 0.6 is 11.3 Å². The molecule has 3 rings (SSSR count). The van der Waals surface area contributed by atoms with Crippen molar-refractivity contribution in [2.45, 2.75) is 6.61 Å². The van der Waals surface area contributed by atoms with Crippen LogP contribution < -0.4 is 0 Å². The predicted molar refractivity (Wildman–Crippen MR) is 65.3 cm³/mol. The van der Waals surface area contributed by atoms with E-state index in [-0.39, 0.29) is 6.61 Å². The highest BCUT2D eigenvalue weighted by atomic mass is 32.1. The maximum atomic E-state index is 9.02. The Labute approximate surface area is 96.4 Å². The van der Waals surface area contributed by atoms with Gasteiger partial charge in [-0.3, -0.25) is 0 Å². The van der Waals surface area contributed by atoms with E-state index < -0.39 is 0 Å². The summed E-state index contributed by atoms with van der Waals surface area (Å²) in [7, 11) is 0. The van der Waals surface area contributed by atoms with Crippen LogP contribution in [0.25, 0.3) is 21.5 Å². The molecule has 0 aliphatic carbocycles. The lowest BCUT2D eigenvalue weighted by Crippen LogP contribution is -1.70. The number of aliphatic hydroxyl groups excluding tert-OH is 1. The quantitative estimate of drug-likeness (QED) is 0.711. The lowest BCUT2D eigenvalue weighted by atomic mass is 10.2. The topological polar surface area (TPSA) is 48.9 Å². The normalized spacial score (nSPS) is 11.1. The molecule has 2 aromatic heterocycles. The molecule has 0 unspecified atom stereocenters. The number of nitrogens with zero attached hydrogens (tertiary/aromatic N) is 1. The molecule has 0 spiro atoms. The number of nitrogens with one attached hydrogen (secondary N) is 1. The molecule has 1 aromatic carbocycles. The van der Waals surface area contributed by atoms with Crippen molar-refractivity contribution in [3.05, 3.63) is 41.5 Å². The number of hydrogen-bond donors (Lipinski definition) is 2. The predicted octanol–water partition coefficient (Wildman–Crippen LogP) is 2.78. The van der Waals surface area contributed by atoms with E-state index in [1.165, 1.54) is 16.7 Å². The number of para-hydroxylation sites is 1. The summed E-state index contributed by atoms with van der Waals surface area (Å²) in [5.41, 5.74) is 2.21. The fourth-order valence-electron chi connectivity index (χ4n) is 1.75. The van der Waals surface area contributed by atoms with Crippen LogP contribution in [0.5, 0.6) is 0 Å². The third kappa shape index (κ3) is 1.43. The lowest BCUT2D eigenvalue weighted by molar-refractivity contribution is 0.285.